The molecule has 0 aliphatic carbocycles. The molecule has 16 heavy (non-hydrogen) atoms. The molecule has 2 rings (SSSR count). The molecule has 0 unspecified atom stereocenters. The van der Waals surface area contributed by atoms with Crippen molar-refractivity contribution in [2.75, 3.05) is 0 Å². The predicted octanol–water partition coefficient (Wildman–Crippen LogP) is 2.28. The molecule has 0 fully saturated rings. The molecule has 2 N–H and O–H groups in total. The minimum Gasteiger partial charge on any atom is -0.405 e. The van der Waals surface area contributed by atoms with Gasteiger partial charge in [-0.2, -0.15) is 5.90 Å². The summed E-state index contributed by atoms with van der Waals surface area (Å²) in [5.41, 5.74) is 0.528. The molecule has 0 aliphatic heterocycles. The Hall–Kier alpha value is -2.01. The molecule has 0 bridgehead atoms. The van der Waals surface area contributed by atoms with E-state index in [0.29, 0.717) is 5.69 Å². The van der Waals surface area contributed by atoms with Crippen molar-refractivity contribution in [3.8, 4) is 17.0 Å². The van der Waals surface area contributed by atoms with E-state index in [9.17, 15) is 8.78 Å². The third-order valence-corrected chi connectivity index (χ3v) is 2.11. The summed E-state index contributed by atoms with van der Waals surface area (Å²) in [5.74, 6) is 2.48. The lowest BCUT2D eigenvalue weighted by molar-refractivity contribution is 0.297. The van der Waals surface area contributed by atoms with E-state index in [2.05, 4.69) is 9.82 Å². The number of nitrogens with zero attached hydrogens (tertiary/aromatic N) is 1. The van der Waals surface area contributed by atoms with Gasteiger partial charge in [-0.25, -0.2) is 8.78 Å². The van der Waals surface area contributed by atoms with Crippen LogP contribution in [0.4, 0.5) is 8.78 Å². The van der Waals surface area contributed by atoms with Gasteiger partial charge in [0, 0.05) is 11.8 Å². The van der Waals surface area contributed by atoms with Crippen molar-refractivity contribution in [1.29, 1.82) is 0 Å². The summed E-state index contributed by atoms with van der Waals surface area (Å²) < 4.78 is 26.8. The molecule has 82 valence electrons. The van der Waals surface area contributed by atoms with Crippen LogP contribution in [0.2, 0.25) is 0 Å². The number of pyridine rings is 1. The molecule has 0 aliphatic rings. The second-order valence-electron chi connectivity index (χ2n) is 3.07. The average Bonchev–Trinajstić information content (AvgIpc) is 2.31. The second kappa shape index (κ2) is 4.24. The molecular formula is C11H8F2N2O. The Balaban J connectivity index is 2.59. The predicted molar refractivity (Wildman–Crippen MR) is 54.4 cm³/mol. The van der Waals surface area contributed by atoms with Gasteiger partial charge in [-0.15, -0.1) is 0 Å². The molecule has 0 spiro atoms. The molecule has 1 aromatic heterocycles. The quantitative estimate of drug-likeness (QED) is 0.793. The van der Waals surface area contributed by atoms with Crippen LogP contribution in [0.25, 0.3) is 11.3 Å². The second-order valence-corrected chi connectivity index (χ2v) is 3.07. The standard InChI is InChI=1S/C11H8F2N2O/c12-8-5-4-7(10(13)11(8)16-14)9-3-1-2-6-15-9/h1-6H,14H2. The summed E-state index contributed by atoms with van der Waals surface area (Å²) in [6, 6.07) is 7.38. The number of hydrogen-bond acceptors (Lipinski definition) is 3. The number of hydrogen-bond donors (Lipinski definition) is 1. The molecule has 5 heteroatoms. The number of benzene rings is 1. The maximum Gasteiger partial charge on any atom is 0.218 e. The van der Waals surface area contributed by atoms with Gasteiger partial charge < -0.3 is 4.84 Å². The van der Waals surface area contributed by atoms with Crippen LogP contribution in [-0.2, 0) is 0 Å². The number of halogens is 2. The largest absolute Gasteiger partial charge is 0.405 e. The van der Waals surface area contributed by atoms with Crippen LogP contribution >= 0.6 is 0 Å². The van der Waals surface area contributed by atoms with Gasteiger partial charge in [0.25, 0.3) is 0 Å². The molecule has 0 atom stereocenters. The van der Waals surface area contributed by atoms with Crippen molar-refractivity contribution in [1.82, 2.24) is 4.98 Å². The van der Waals surface area contributed by atoms with Gasteiger partial charge in [0.2, 0.25) is 5.75 Å². The van der Waals surface area contributed by atoms with Crippen LogP contribution < -0.4 is 10.7 Å². The lowest BCUT2D eigenvalue weighted by Gasteiger charge is -2.06. The molecule has 1 heterocycles. The van der Waals surface area contributed by atoms with Gasteiger partial charge in [-0.3, -0.25) is 4.98 Å². The molecule has 0 amide bonds. The molecule has 0 saturated heterocycles. The first-order valence-electron chi connectivity index (χ1n) is 4.50. The fraction of sp³-hybridized carbons (Fsp3) is 0. The van der Waals surface area contributed by atoms with Gasteiger partial charge in [0.1, 0.15) is 0 Å². The minimum atomic E-state index is -0.860. The van der Waals surface area contributed by atoms with E-state index >= 15 is 0 Å². The Morgan fingerprint density at radius 3 is 2.56 bits per heavy atom. The fourth-order valence-electron chi connectivity index (χ4n) is 1.36. The maximum atomic E-state index is 13.7. The molecular weight excluding hydrogens is 214 g/mol. The van der Waals surface area contributed by atoms with Crippen LogP contribution in [0.15, 0.2) is 36.5 Å². The third-order valence-electron chi connectivity index (χ3n) is 2.11. The van der Waals surface area contributed by atoms with Crippen LogP contribution in [0, 0.1) is 11.6 Å². The zero-order chi connectivity index (χ0) is 11.5. The monoisotopic (exact) mass is 222 g/mol. The van der Waals surface area contributed by atoms with Crippen molar-refractivity contribution in [3.05, 3.63) is 48.2 Å². The SMILES string of the molecule is NOc1c(F)ccc(-c2ccccn2)c1F. The molecule has 0 radical (unpaired) electrons. The van der Waals surface area contributed by atoms with Crippen LogP contribution in [-0.4, -0.2) is 4.98 Å². The summed E-state index contributed by atoms with van der Waals surface area (Å²) in [6.07, 6.45) is 1.51. The molecule has 2 aromatic rings. The average molecular weight is 222 g/mol. The Morgan fingerprint density at radius 2 is 1.94 bits per heavy atom. The van der Waals surface area contributed by atoms with E-state index in [1.807, 2.05) is 0 Å². The summed E-state index contributed by atoms with van der Waals surface area (Å²) in [6.45, 7) is 0. The lowest BCUT2D eigenvalue weighted by atomic mass is 10.1. The third kappa shape index (κ3) is 1.72. The van der Waals surface area contributed by atoms with E-state index in [1.165, 1.54) is 12.3 Å². The van der Waals surface area contributed by atoms with Crippen molar-refractivity contribution >= 4 is 0 Å². The van der Waals surface area contributed by atoms with E-state index in [-0.39, 0.29) is 5.56 Å². The Morgan fingerprint density at radius 1 is 1.12 bits per heavy atom. The fourth-order valence-corrected chi connectivity index (χ4v) is 1.36. The highest BCUT2D eigenvalue weighted by Gasteiger charge is 2.16. The van der Waals surface area contributed by atoms with Crippen molar-refractivity contribution in [2.45, 2.75) is 0 Å². The Bertz CT molecular complexity index is 503. The van der Waals surface area contributed by atoms with Crippen molar-refractivity contribution in [3.63, 3.8) is 0 Å². The van der Waals surface area contributed by atoms with E-state index in [0.717, 1.165) is 6.07 Å². The van der Waals surface area contributed by atoms with Gasteiger partial charge in [0.15, 0.2) is 11.6 Å². The zero-order valence-electron chi connectivity index (χ0n) is 8.15. The van der Waals surface area contributed by atoms with Crippen LogP contribution in [0.5, 0.6) is 5.75 Å². The van der Waals surface area contributed by atoms with Gasteiger partial charge in [-0.1, -0.05) is 6.07 Å². The highest BCUT2D eigenvalue weighted by molar-refractivity contribution is 5.62. The van der Waals surface area contributed by atoms with Gasteiger partial charge in [0.05, 0.1) is 5.69 Å². The van der Waals surface area contributed by atoms with E-state index < -0.39 is 17.4 Å². The minimum absolute atomic E-state index is 0.141. The molecule has 1 aromatic carbocycles. The van der Waals surface area contributed by atoms with E-state index in [4.69, 9.17) is 5.90 Å². The lowest BCUT2D eigenvalue weighted by Crippen LogP contribution is -2.06. The highest BCUT2D eigenvalue weighted by Crippen LogP contribution is 2.29. The highest BCUT2D eigenvalue weighted by atomic mass is 19.1. The van der Waals surface area contributed by atoms with Crippen LogP contribution in [0.3, 0.4) is 0 Å². The zero-order valence-corrected chi connectivity index (χ0v) is 8.15. The maximum absolute atomic E-state index is 13.7. The number of aromatic nitrogens is 1. The number of nitrogens with two attached hydrogens (primary N) is 1. The summed E-state index contributed by atoms with van der Waals surface area (Å²) in [5, 5.41) is 0. The summed E-state index contributed by atoms with van der Waals surface area (Å²) in [7, 11) is 0. The first-order chi connectivity index (χ1) is 7.74. The topological polar surface area (TPSA) is 48.1 Å². The number of rotatable bonds is 2. The molecule has 0 saturated carbocycles. The summed E-state index contributed by atoms with van der Waals surface area (Å²) in [4.78, 5) is 8.12. The Kier molecular flexibility index (Phi) is 2.78. The van der Waals surface area contributed by atoms with Gasteiger partial charge in [-0.05, 0) is 24.3 Å². The van der Waals surface area contributed by atoms with Crippen molar-refractivity contribution < 1.29 is 13.6 Å². The normalized spacial score (nSPS) is 10.2. The first kappa shape index (κ1) is 10.5. The Labute approximate surface area is 90.4 Å². The van der Waals surface area contributed by atoms with Crippen LogP contribution in [0.1, 0.15) is 0 Å². The van der Waals surface area contributed by atoms with Crippen molar-refractivity contribution in [2.24, 2.45) is 5.90 Å². The molecule has 3 nitrogen and oxygen atoms in total. The van der Waals surface area contributed by atoms with Gasteiger partial charge >= 0.3 is 0 Å². The summed E-state index contributed by atoms with van der Waals surface area (Å²) >= 11 is 0. The first-order valence-corrected chi connectivity index (χ1v) is 4.50. The smallest absolute Gasteiger partial charge is 0.218 e. The van der Waals surface area contributed by atoms with E-state index in [1.54, 1.807) is 18.2 Å².